The molecule has 5 heteroatoms. The van der Waals surface area contributed by atoms with E-state index in [1.807, 2.05) is 51.1 Å². The first-order valence-electron chi connectivity index (χ1n) is 8.24. The molecular formula is C20H25N3O2. The van der Waals surface area contributed by atoms with Crippen molar-refractivity contribution in [1.82, 2.24) is 5.32 Å². The van der Waals surface area contributed by atoms with Gasteiger partial charge in [-0.25, -0.2) is 0 Å². The predicted octanol–water partition coefficient (Wildman–Crippen LogP) is 3.29. The van der Waals surface area contributed by atoms with Gasteiger partial charge in [-0.2, -0.15) is 0 Å². The smallest absolute Gasteiger partial charge is 0.258 e. The summed E-state index contributed by atoms with van der Waals surface area (Å²) in [7, 11) is 1.75. The third-order valence-electron chi connectivity index (χ3n) is 3.55. The fourth-order valence-electron chi connectivity index (χ4n) is 2.34. The molecule has 132 valence electrons. The molecule has 0 unspecified atom stereocenters. The molecule has 0 aliphatic carbocycles. The molecule has 0 bridgehead atoms. The van der Waals surface area contributed by atoms with E-state index in [4.69, 9.17) is 0 Å². The Morgan fingerprint density at radius 1 is 0.960 bits per heavy atom. The average Bonchev–Trinajstić information content (AvgIpc) is 2.58. The van der Waals surface area contributed by atoms with Crippen LogP contribution in [0, 0.1) is 0 Å². The zero-order valence-corrected chi connectivity index (χ0v) is 15.2. The number of nitrogens with one attached hydrogen (secondary N) is 2. The van der Waals surface area contributed by atoms with Crippen molar-refractivity contribution in [2.75, 3.05) is 23.8 Å². The number of amides is 2. The predicted molar refractivity (Wildman–Crippen MR) is 102 cm³/mol. The number of carbonyl (C=O) groups excluding carboxylic acids is 2. The van der Waals surface area contributed by atoms with Crippen LogP contribution in [0.5, 0.6) is 0 Å². The molecule has 0 saturated heterocycles. The molecular weight excluding hydrogens is 314 g/mol. The largest absolute Gasteiger partial charge is 0.376 e. The fourth-order valence-corrected chi connectivity index (χ4v) is 2.34. The van der Waals surface area contributed by atoms with Crippen molar-refractivity contribution in [1.29, 1.82) is 0 Å². The fraction of sp³-hybridized carbons (Fsp3) is 0.300. The van der Waals surface area contributed by atoms with Gasteiger partial charge in [-0.05, 0) is 57.2 Å². The molecule has 0 heterocycles. The summed E-state index contributed by atoms with van der Waals surface area (Å²) in [4.78, 5) is 25.9. The first-order chi connectivity index (χ1) is 11.8. The van der Waals surface area contributed by atoms with Gasteiger partial charge in [0.1, 0.15) is 0 Å². The number of rotatable bonds is 5. The number of nitrogens with zero attached hydrogens (tertiary/aromatic N) is 1. The maximum atomic E-state index is 12.5. The first-order valence-corrected chi connectivity index (χ1v) is 8.24. The van der Waals surface area contributed by atoms with E-state index in [1.54, 1.807) is 36.2 Å². The summed E-state index contributed by atoms with van der Waals surface area (Å²) in [6.07, 6.45) is 0. The second-order valence-electron chi connectivity index (χ2n) is 6.93. The Balaban J connectivity index is 1.95. The van der Waals surface area contributed by atoms with E-state index in [1.165, 1.54) is 0 Å². The molecule has 0 aliphatic rings. The average molecular weight is 339 g/mol. The lowest BCUT2D eigenvalue weighted by molar-refractivity contribution is -0.120. The molecule has 2 aromatic carbocycles. The third-order valence-corrected chi connectivity index (χ3v) is 3.55. The highest BCUT2D eigenvalue weighted by Crippen LogP contribution is 2.16. The van der Waals surface area contributed by atoms with E-state index < -0.39 is 0 Å². The molecule has 2 amide bonds. The monoisotopic (exact) mass is 339 g/mol. The van der Waals surface area contributed by atoms with Gasteiger partial charge in [0.25, 0.3) is 5.91 Å². The molecule has 0 atom stereocenters. The minimum Gasteiger partial charge on any atom is -0.376 e. The zero-order chi connectivity index (χ0) is 18.4. The SMILES string of the molecule is CN(C(=O)c1ccc(NCC(=O)NC(C)(C)C)cc1)c1ccccc1. The lowest BCUT2D eigenvalue weighted by atomic mass is 10.1. The van der Waals surface area contributed by atoms with Crippen LogP contribution in [0.3, 0.4) is 0 Å². The number of carbonyl (C=O) groups is 2. The number of para-hydroxylation sites is 1. The lowest BCUT2D eigenvalue weighted by Crippen LogP contribution is -2.43. The summed E-state index contributed by atoms with van der Waals surface area (Å²) in [6.45, 7) is 6.01. The van der Waals surface area contributed by atoms with E-state index >= 15 is 0 Å². The maximum absolute atomic E-state index is 12.5. The van der Waals surface area contributed by atoms with Gasteiger partial charge in [0.05, 0.1) is 6.54 Å². The van der Waals surface area contributed by atoms with Gasteiger partial charge < -0.3 is 15.5 Å². The first kappa shape index (κ1) is 18.5. The van der Waals surface area contributed by atoms with Crippen LogP contribution in [0.2, 0.25) is 0 Å². The van der Waals surface area contributed by atoms with E-state index in [0.717, 1.165) is 11.4 Å². The van der Waals surface area contributed by atoms with Crippen molar-refractivity contribution < 1.29 is 9.59 Å². The van der Waals surface area contributed by atoms with Gasteiger partial charge >= 0.3 is 0 Å². The van der Waals surface area contributed by atoms with Crippen LogP contribution in [0.25, 0.3) is 0 Å². The van der Waals surface area contributed by atoms with Gasteiger partial charge in [0.2, 0.25) is 5.91 Å². The Morgan fingerprint density at radius 2 is 1.56 bits per heavy atom. The molecule has 5 nitrogen and oxygen atoms in total. The van der Waals surface area contributed by atoms with E-state index in [-0.39, 0.29) is 23.9 Å². The highest BCUT2D eigenvalue weighted by molar-refractivity contribution is 6.05. The van der Waals surface area contributed by atoms with Crippen LogP contribution in [0.1, 0.15) is 31.1 Å². The summed E-state index contributed by atoms with van der Waals surface area (Å²) in [5.74, 6) is -0.153. The van der Waals surface area contributed by atoms with Crippen LogP contribution in [0.4, 0.5) is 11.4 Å². The van der Waals surface area contributed by atoms with E-state index in [2.05, 4.69) is 10.6 Å². The Labute approximate surface area is 149 Å². The highest BCUT2D eigenvalue weighted by atomic mass is 16.2. The Kier molecular flexibility index (Phi) is 5.80. The number of hydrogen-bond acceptors (Lipinski definition) is 3. The number of anilines is 2. The van der Waals surface area contributed by atoms with Crippen LogP contribution in [-0.4, -0.2) is 30.9 Å². The molecule has 2 N–H and O–H groups in total. The quantitative estimate of drug-likeness (QED) is 0.879. The van der Waals surface area contributed by atoms with Gasteiger partial charge in [0.15, 0.2) is 0 Å². The summed E-state index contributed by atoms with van der Waals surface area (Å²) < 4.78 is 0. The standard InChI is InChI=1S/C20H25N3O2/c1-20(2,3)22-18(24)14-21-16-12-10-15(11-13-16)19(25)23(4)17-8-6-5-7-9-17/h5-13,21H,14H2,1-4H3,(H,22,24). The van der Waals surface area contributed by atoms with Crippen molar-refractivity contribution in [3.05, 3.63) is 60.2 Å². The van der Waals surface area contributed by atoms with Gasteiger partial charge in [-0.1, -0.05) is 18.2 Å². The van der Waals surface area contributed by atoms with Crippen molar-refractivity contribution in [3.8, 4) is 0 Å². The molecule has 0 radical (unpaired) electrons. The van der Waals surface area contributed by atoms with Crippen molar-refractivity contribution in [2.24, 2.45) is 0 Å². The topological polar surface area (TPSA) is 61.4 Å². The normalized spacial score (nSPS) is 10.9. The molecule has 2 rings (SSSR count). The van der Waals surface area contributed by atoms with Crippen molar-refractivity contribution >= 4 is 23.2 Å². The highest BCUT2D eigenvalue weighted by Gasteiger charge is 2.14. The maximum Gasteiger partial charge on any atom is 0.258 e. The number of hydrogen-bond donors (Lipinski definition) is 2. The van der Waals surface area contributed by atoms with Crippen molar-refractivity contribution in [2.45, 2.75) is 26.3 Å². The lowest BCUT2D eigenvalue weighted by Gasteiger charge is -2.21. The molecule has 2 aromatic rings. The molecule has 0 fully saturated rings. The number of benzene rings is 2. The molecule has 0 aromatic heterocycles. The van der Waals surface area contributed by atoms with Crippen molar-refractivity contribution in [3.63, 3.8) is 0 Å². The summed E-state index contributed by atoms with van der Waals surface area (Å²) in [5.41, 5.74) is 1.98. The molecule has 0 saturated carbocycles. The van der Waals surface area contributed by atoms with E-state index in [9.17, 15) is 9.59 Å². The summed E-state index contributed by atoms with van der Waals surface area (Å²) in [5, 5.41) is 5.95. The third kappa shape index (κ3) is 5.64. The van der Waals surface area contributed by atoms with Crippen LogP contribution >= 0.6 is 0 Å². The van der Waals surface area contributed by atoms with Crippen LogP contribution in [-0.2, 0) is 4.79 Å². The zero-order valence-electron chi connectivity index (χ0n) is 15.2. The van der Waals surface area contributed by atoms with Gasteiger partial charge in [-0.3, -0.25) is 9.59 Å². The molecule has 0 spiro atoms. The van der Waals surface area contributed by atoms with Gasteiger partial charge in [-0.15, -0.1) is 0 Å². The van der Waals surface area contributed by atoms with E-state index in [0.29, 0.717) is 5.56 Å². The summed E-state index contributed by atoms with van der Waals surface area (Å²) >= 11 is 0. The van der Waals surface area contributed by atoms with Crippen LogP contribution in [0.15, 0.2) is 54.6 Å². The van der Waals surface area contributed by atoms with Crippen LogP contribution < -0.4 is 15.5 Å². The molecule has 0 aliphatic heterocycles. The Morgan fingerprint density at radius 3 is 2.12 bits per heavy atom. The second kappa shape index (κ2) is 7.83. The minimum absolute atomic E-state index is 0.0727. The van der Waals surface area contributed by atoms with Gasteiger partial charge in [0, 0.05) is 29.5 Å². The minimum atomic E-state index is -0.253. The Bertz CT molecular complexity index is 719. The molecule has 25 heavy (non-hydrogen) atoms. The Hall–Kier alpha value is -2.82. The summed E-state index contributed by atoms with van der Waals surface area (Å²) in [6, 6.07) is 16.6. The second-order valence-corrected chi connectivity index (χ2v) is 6.93.